The summed E-state index contributed by atoms with van der Waals surface area (Å²) in [5.74, 6) is -0.865. The van der Waals surface area contributed by atoms with E-state index in [2.05, 4.69) is 0 Å². The van der Waals surface area contributed by atoms with Gasteiger partial charge in [0.1, 0.15) is 5.60 Å². The van der Waals surface area contributed by atoms with E-state index in [-0.39, 0.29) is 0 Å². The second-order valence-corrected chi connectivity index (χ2v) is 4.55. The Morgan fingerprint density at radius 3 is 2.79 bits per heavy atom. The summed E-state index contributed by atoms with van der Waals surface area (Å²) in [5.41, 5.74) is -1.63. The fourth-order valence-electron chi connectivity index (χ4n) is 1.93. The van der Waals surface area contributed by atoms with Gasteiger partial charge in [0.25, 0.3) is 0 Å². The minimum Gasteiger partial charge on any atom is -0.479 e. The van der Waals surface area contributed by atoms with Crippen molar-refractivity contribution in [3.8, 4) is 0 Å². The zero-order valence-corrected chi connectivity index (χ0v) is 8.93. The van der Waals surface area contributed by atoms with Crippen molar-refractivity contribution in [1.29, 1.82) is 0 Å². The predicted octanol–water partition coefficient (Wildman–Crippen LogP) is 2.23. The average molecular weight is 212 g/mol. The van der Waals surface area contributed by atoms with Gasteiger partial charge in [0.2, 0.25) is 0 Å². The maximum absolute atomic E-state index is 11.1. The molecule has 3 nitrogen and oxygen atoms in total. The van der Waals surface area contributed by atoms with Gasteiger partial charge in [0.05, 0.1) is 0 Å². The molecule has 0 amide bonds. The van der Waals surface area contributed by atoms with Crippen molar-refractivity contribution < 1.29 is 14.6 Å². The summed E-state index contributed by atoms with van der Waals surface area (Å²) in [5, 5.41) is 11.1. The van der Waals surface area contributed by atoms with Gasteiger partial charge in [-0.1, -0.05) is 13.0 Å². The molecule has 0 saturated carbocycles. The largest absolute Gasteiger partial charge is 0.479 e. The Morgan fingerprint density at radius 1 is 1.71 bits per heavy atom. The molecule has 0 unspecified atom stereocenters. The quantitative estimate of drug-likeness (QED) is 0.781. The van der Waals surface area contributed by atoms with Crippen molar-refractivity contribution in [3.63, 3.8) is 0 Å². The standard InChI is InChI=1S/C10H12O3S/c1-3-10(8(11)12)9(2,13-10)7-5-4-6-14-7/h4-6H,3H2,1-2H3,(H,11,12)/t9-,10-/m1/s1. The van der Waals surface area contributed by atoms with E-state index >= 15 is 0 Å². The van der Waals surface area contributed by atoms with Crippen LogP contribution in [-0.2, 0) is 15.1 Å². The average Bonchev–Trinajstić information content (AvgIpc) is 2.59. The lowest BCUT2D eigenvalue weighted by Crippen LogP contribution is -2.30. The Balaban J connectivity index is 2.35. The molecule has 4 heteroatoms. The molecule has 0 bridgehead atoms. The molecule has 0 radical (unpaired) electrons. The van der Waals surface area contributed by atoms with E-state index in [1.807, 2.05) is 31.4 Å². The number of epoxide rings is 1. The third-order valence-corrected chi connectivity index (χ3v) is 4.01. The van der Waals surface area contributed by atoms with Crippen molar-refractivity contribution in [2.75, 3.05) is 0 Å². The van der Waals surface area contributed by atoms with Crippen molar-refractivity contribution in [2.45, 2.75) is 31.5 Å². The van der Waals surface area contributed by atoms with Crippen LogP contribution in [0.1, 0.15) is 25.1 Å². The highest BCUT2D eigenvalue weighted by molar-refractivity contribution is 7.10. The molecule has 0 spiro atoms. The molecule has 1 N–H and O–H groups in total. The lowest BCUT2D eigenvalue weighted by molar-refractivity contribution is -0.143. The zero-order valence-electron chi connectivity index (χ0n) is 8.11. The molecule has 0 aliphatic carbocycles. The maximum atomic E-state index is 11.1. The molecule has 76 valence electrons. The third kappa shape index (κ3) is 0.980. The summed E-state index contributed by atoms with van der Waals surface area (Å²) in [4.78, 5) is 12.1. The predicted molar refractivity (Wildman–Crippen MR) is 53.4 cm³/mol. The molecule has 1 aromatic heterocycles. The van der Waals surface area contributed by atoms with E-state index in [4.69, 9.17) is 9.84 Å². The van der Waals surface area contributed by atoms with Crippen molar-refractivity contribution >= 4 is 17.3 Å². The van der Waals surface area contributed by atoms with Gasteiger partial charge in [-0.2, -0.15) is 0 Å². The fourth-order valence-corrected chi connectivity index (χ4v) is 2.82. The molecule has 1 aliphatic heterocycles. The van der Waals surface area contributed by atoms with Crippen LogP contribution in [0.4, 0.5) is 0 Å². The van der Waals surface area contributed by atoms with Crippen LogP contribution in [-0.4, -0.2) is 16.7 Å². The van der Waals surface area contributed by atoms with Gasteiger partial charge in [-0.05, 0) is 24.8 Å². The number of ether oxygens (including phenoxy) is 1. The molecular formula is C10H12O3S. The number of carboxylic acids is 1. The molecule has 2 rings (SSSR count). The molecule has 2 atom stereocenters. The highest BCUT2D eigenvalue weighted by atomic mass is 32.1. The van der Waals surface area contributed by atoms with Gasteiger partial charge in [-0.25, -0.2) is 4.79 Å². The molecule has 1 aromatic rings. The number of carboxylic acid groups (broad SMARTS) is 1. The van der Waals surface area contributed by atoms with Gasteiger partial charge in [0.15, 0.2) is 5.60 Å². The topological polar surface area (TPSA) is 49.8 Å². The first kappa shape index (κ1) is 9.68. The van der Waals surface area contributed by atoms with Gasteiger partial charge in [-0.15, -0.1) is 11.3 Å². The van der Waals surface area contributed by atoms with Crippen molar-refractivity contribution in [2.24, 2.45) is 0 Å². The number of hydrogen-bond donors (Lipinski definition) is 1. The number of carbonyl (C=O) groups is 1. The minimum absolute atomic E-state index is 0.497. The molecule has 1 aliphatic rings. The Hall–Kier alpha value is -0.870. The van der Waals surface area contributed by atoms with Crippen molar-refractivity contribution in [1.82, 2.24) is 0 Å². The number of rotatable bonds is 3. The summed E-state index contributed by atoms with van der Waals surface area (Å²) >= 11 is 1.54. The summed E-state index contributed by atoms with van der Waals surface area (Å²) in [6.45, 7) is 3.68. The highest BCUT2D eigenvalue weighted by Gasteiger charge is 2.72. The SMILES string of the molecule is CC[C@]1(C(=O)O)O[C@]1(C)c1cccs1. The molecule has 14 heavy (non-hydrogen) atoms. The summed E-state index contributed by atoms with van der Waals surface area (Å²) in [6.07, 6.45) is 0.497. The lowest BCUT2D eigenvalue weighted by Gasteiger charge is -2.08. The second-order valence-electron chi connectivity index (χ2n) is 3.60. The van der Waals surface area contributed by atoms with E-state index < -0.39 is 17.2 Å². The number of hydrogen-bond acceptors (Lipinski definition) is 3. The Bertz CT molecular complexity index is 359. The van der Waals surface area contributed by atoms with E-state index in [0.717, 1.165) is 4.88 Å². The van der Waals surface area contributed by atoms with Gasteiger partial charge >= 0.3 is 5.97 Å². The minimum atomic E-state index is -1.00. The zero-order chi connectivity index (χ0) is 10.4. The number of thiophene rings is 1. The summed E-state index contributed by atoms with van der Waals surface area (Å²) in [7, 11) is 0. The van der Waals surface area contributed by atoms with Crippen LogP contribution >= 0.6 is 11.3 Å². The van der Waals surface area contributed by atoms with E-state index in [1.165, 1.54) is 11.3 Å². The Labute approximate surface area is 86.3 Å². The van der Waals surface area contributed by atoms with E-state index in [9.17, 15) is 4.79 Å². The monoisotopic (exact) mass is 212 g/mol. The molecule has 1 saturated heterocycles. The Morgan fingerprint density at radius 2 is 2.43 bits per heavy atom. The number of aliphatic carboxylic acids is 1. The van der Waals surface area contributed by atoms with Gasteiger partial charge in [0, 0.05) is 4.88 Å². The van der Waals surface area contributed by atoms with Gasteiger partial charge < -0.3 is 9.84 Å². The van der Waals surface area contributed by atoms with E-state index in [1.54, 1.807) is 0 Å². The first-order chi connectivity index (χ1) is 6.57. The van der Waals surface area contributed by atoms with E-state index in [0.29, 0.717) is 6.42 Å². The summed E-state index contributed by atoms with van der Waals surface area (Å²) < 4.78 is 5.46. The molecular weight excluding hydrogens is 200 g/mol. The Kier molecular flexibility index (Phi) is 1.94. The first-order valence-corrected chi connectivity index (χ1v) is 5.42. The fraction of sp³-hybridized carbons (Fsp3) is 0.500. The molecule has 2 heterocycles. The normalized spacial score (nSPS) is 35.6. The lowest BCUT2D eigenvalue weighted by atomic mass is 9.90. The second kappa shape index (κ2) is 2.81. The van der Waals surface area contributed by atoms with Crippen LogP contribution in [0.3, 0.4) is 0 Å². The molecule has 1 fully saturated rings. The van der Waals surface area contributed by atoms with Crippen LogP contribution in [0.2, 0.25) is 0 Å². The van der Waals surface area contributed by atoms with Crippen LogP contribution in [0.25, 0.3) is 0 Å². The van der Waals surface area contributed by atoms with Crippen LogP contribution in [0.5, 0.6) is 0 Å². The molecule has 0 aromatic carbocycles. The van der Waals surface area contributed by atoms with Crippen LogP contribution < -0.4 is 0 Å². The smallest absolute Gasteiger partial charge is 0.339 e. The van der Waals surface area contributed by atoms with Gasteiger partial charge in [-0.3, -0.25) is 0 Å². The highest BCUT2D eigenvalue weighted by Crippen LogP contribution is 2.58. The van der Waals surface area contributed by atoms with Crippen molar-refractivity contribution in [3.05, 3.63) is 22.4 Å². The maximum Gasteiger partial charge on any atom is 0.339 e. The first-order valence-electron chi connectivity index (χ1n) is 4.54. The third-order valence-electron chi connectivity index (χ3n) is 2.94. The van der Waals surface area contributed by atoms with Crippen LogP contribution in [0.15, 0.2) is 17.5 Å². The van der Waals surface area contributed by atoms with Crippen LogP contribution in [0, 0.1) is 0 Å². The summed E-state index contributed by atoms with van der Waals surface area (Å²) in [6, 6.07) is 3.83.